The fourth-order valence-electron chi connectivity index (χ4n) is 3.86. The van der Waals surface area contributed by atoms with Crippen LogP contribution in [0.4, 0.5) is 5.82 Å². The number of hydrogen-bond donors (Lipinski definition) is 5. The molecule has 1 amide bonds. The van der Waals surface area contributed by atoms with Crippen LogP contribution in [0.2, 0.25) is 0 Å². The van der Waals surface area contributed by atoms with Crippen LogP contribution in [0.3, 0.4) is 0 Å². The van der Waals surface area contributed by atoms with Gasteiger partial charge >= 0.3 is 0 Å². The molecule has 0 spiro atoms. The molecule has 3 rings (SSSR count). The van der Waals surface area contributed by atoms with Gasteiger partial charge in [0.25, 0.3) is 5.91 Å². The SMILES string of the molecule is Cc1c(O)ccc(CCNC(=O)c2cccc(C[C@@H](C)NC[C@H](O)c3ccc(N)nc3)c2)c1C. The third-order valence-electron chi connectivity index (χ3n) is 6.14. The maximum absolute atomic E-state index is 12.7. The van der Waals surface area contributed by atoms with Gasteiger partial charge in [-0.1, -0.05) is 24.3 Å². The number of anilines is 1. The van der Waals surface area contributed by atoms with Crippen molar-refractivity contribution < 1.29 is 15.0 Å². The number of aliphatic hydroxyl groups excluding tert-OH is 1. The molecule has 0 aliphatic rings. The molecule has 0 saturated heterocycles. The summed E-state index contributed by atoms with van der Waals surface area (Å²) in [6.07, 6.45) is 2.33. The summed E-state index contributed by atoms with van der Waals surface area (Å²) in [5.41, 5.74) is 11.0. The largest absolute Gasteiger partial charge is 0.508 e. The van der Waals surface area contributed by atoms with Gasteiger partial charge in [-0.05, 0) is 80.1 Å². The average molecular weight is 463 g/mol. The second kappa shape index (κ2) is 11.6. The molecule has 0 aliphatic carbocycles. The zero-order valence-electron chi connectivity index (χ0n) is 20.0. The number of hydrogen-bond acceptors (Lipinski definition) is 6. The number of aliphatic hydroxyl groups is 1. The number of nitrogens with one attached hydrogen (secondary N) is 2. The minimum atomic E-state index is -0.673. The summed E-state index contributed by atoms with van der Waals surface area (Å²) in [6.45, 7) is 6.83. The van der Waals surface area contributed by atoms with Crippen molar-refractivity contribution in [3.05, 3.63) is 88.1 Å². The molecule has 7 heteroatoms. The zero-order valence-corrected chi connectivity index (χ0v) is 20.0. The molecule has 3 aromatic rings. The molecule has 0 unspecified atom stereocenters. The summed E-state index contributed by atoms with van der Waals surface area (Å²) in [7, 11) is 0. The van der Waals surface area contributed by atoms with Crippen molar-refractivity contribution in [3.8, 4) is 5.75 Å². The van der Waals surface area contributed by atoms with E-state index < -0.39 is 6.10 Å². The normalized spacial score (nSPS) is 12.8. The molecule has 7 nitrogen and oxygen atoms in total. The Morgan fingerprint density at radius 3 is 2.65 bits per heavy atom. The fraction of sp³-hybridized carbons (Fsp3) is 0.333. The quantitative estimate of drug-likeness (QED) is 0.316. The fourth-order valence-corrected chi connectivity index (χ4v) is 3.86. The average Bonchev–Trinajstić information content (AvgIpc) is 2.83. The van der Waals surface area contributed by atoms with Crippen LogP contribution in [-0.2, 0) is 12.8 Å². The van der Waals surface area contributed by atoms with E-state index in [1.54, 1.807) is 24.4 Å². The van der Waals surface area contributed by atoms with Gasteiger partial charge in [0.1, 0.15) is 11.6 Å². The minimum Gasteiger partial charge on any atom is -0.508 e. The van der Waals surface area contributed by atoms with Gasteiger partial charge in [0.2, 0.25) is 0 Å². The number of amides is 1. The second-order valence-corrected chi connectivity index (χ2v) is 8.75. The number of nitrogens with two attached hydrogens (primary N) is 1. The number of aromatic hydroxyl groups is 1. The van der Waals surface area contributed by atoms with Crippen LogP contribution >= 0.6 is 0 Å². The van der Waals surface area contributed by atoms with Gasteiger partial charge in [0, 0.05) is 36.5 Å². The molecule has 0 saturated carbocycles. The van der Waals surface area contributed by atoms with Gasteiger partial charge in [-0.15, -0.1) is 0 Å². The molecule has 2 aromatic carbocycles. The lowest BCUT2D eigenvalue weighted by Crippen LogP contribution is -2.32. The lowest BCUT2D eigenvalue weighted by atomic mass is 10.00. The van der Waals surface area contributed by atoms with Crippen LogP contribution in [-0.4, -0.2) is 40.2 Å². The molecule has 0 bridgehead atoms. The number of phenolic OH excluding ortho intramolecular Hbond substituents is 1. The number of nitrogens with zero attached hydrogens (tertiary/aromatic N) is 1. The molecule has 180 valence electrons. The van der Waals surface area contributed by atoms with E-state index in [4.69, 9.17) is 5.73 Å². The molecule has 2 atom stereocenters. The molecular formula is C27H34N4O3. The van der Waals surface area contributed by atoms with E-state index in [1.165, 1.54) is 0 Å². The van der Waals surface area contributed by atoms with Gasteiger partial charge in [0.05, 0.1) is 6.10 Å². The lowest BCUT2D eigenvalue weighted by molar-refractivity contribution is 0.0954. The summed E-state index contributed by atoms with van der Waals surface area (Å²) in [5.74, 6) is 0.608. The van der Waals surface area contributed by atoms with Crippen LogP contribution in [0.25, 0.3) is 0 Å². The lowest BCUT2D eigenvalue weighted by Gasteiger charge is -2.18. The highest BCUT2D eigenvalue weighted by molar-refractivity contribution is 5.94. The van der Waals surface area contributed by atoms with E-state index >= 15 is 0 Å². The monoisotopic (exact) mass is 462 g/mol. The molecule has 1 heterocycles. The maximum atomic E-state index is 12.7. The first-order chi connectivity index (χ1) is 16.2. The minimum absolute atomic E-state index is 0.107. The highest BCUT2D eigenvalue weighted by atomic mass is 16.3. The van der Waals surface area contributed by atoms with Gasteiger partial charge in [-0.25, -0.2) is 4.98 Å². The number of benzene rings is 2. The Morgan fingerprint density at radius 1 is 1.12 bits per heavy atom. The summed E-state index contributed by atoms with van der Waals surface area (Å²) in [4.78, 5) is 16.7. The molecular weight excluding hydrogens is 428 g/mol. The topological polar surface area (TPSA) is 120 Å². The summed E-state index contributed by atoms with van der Waals surface area (Å²) >= 11 is 0. The third-order valence-corrected chi connectivity index (χ3v) is 6.14. The number of aromatic nitrogens is 1. The highest BCUT2D eigenvalue weighted by Crippen LogP contribution is 2.23. The first kappa shape index (κ1) is 25.2. The summed E-state index contributed by atoms with van der Waals surface area (Å²) < 4.78 is 0. The van der Waals surface area contributed by atoms with Crippen molar-refractivity contribution in [2.75, 3.05) is 18.8 Å². The van der Waals surface area contributed by atoms with E-state index in [-0.39, 0.29) is 11.9 Å². The van der Waals surface area contributed by atoms with Crippen molar-refractivity contribution in [2.24, 2.45) is 0 Å². The van der Waals surface area contributed by atoms with Gasteiger partial charge in [0.15, 0.2) is 0 Å². The molecule has 0 aliphatic heterocycles. The predicted molar refractivity (Wildman–Crippen MR) is 135 cm³/mol. The van der Waals surface area contributed by atoms with Crippen LogP contribution in [0.1, 0.15) is 51.2 Å². The second-order valence-electron chi connectivity index (χ2n) is 8.75. The van der Waals surface area contributed by atoms with E-state index in [9.17, 15) is 15.0 Å². The van der Waals surface area contributed by atoms with Crippen molar-refractivity contribution in [2.45, 2.75) is 45.8 Å². The third kappa shape index (κ3) is 6.79. The van der Waals surface area contributed by atoms with Crippen molar-refractivity contribution >= 4 is 11.7 Å². The van der Waals surface area contributed by atoms with Gasteiger partial charge < -0.3 is 26.6 Å². The number of carbonyl (C=O) groups excluding carboxylic acids is 1. The van der Waals surface area contributed by atoms with Crippen LogP contribution < -0.4 is 16.4 Å². The Balaban J connectivity index is 1.49. The van der Waals surface area contributed by atoms with Crippen LogP contribution in [0.5, 0.6) is 5.75 Å². The Bertz CT molecular complexity index is 1120. The highest BCUT2D eigenvalue weighted by Gasteiger charge is 2.12. The maximum Gasteiger partial charge on any atom is 0.251 e. The Labute approximate surface area is 201 Å². The number of phenols is 1. The van der Waals surface area contributed by atoms with Gasteiger partial charge in [-0.2, -0.15) is 0 Å². The molecule has 34 heavy (non-hydrogen) atoms. The standard InChI is InChI=1S/C27H34N4O3/c1-17(30-16-25(33)23-8-10-26(28)31-15-23)13-20-5-4-6-22(14-20)27(34)29-12-11-21-7-9-24(32)19(3)18(21)2/h4-10,14-15,17,25,30,32-33H,11-13,16H2,1-3H3,(H2,28,31)(H,29,34)/t17-,25+/m1/s1. The Kier molecular flexibility index (Phi) is 8.62. The summed E-state index contributed by atoms with van der Waals surface area (Å²) in [6, 6.07) is 14.8. The molecule has 6 N–H and O–H groups in total. The number of nitrogen functional groups attached to an aromatic ring is 1. The van der Waals surface area contributed by atoms with Crippen molar-refractivity contribution in [3.63, 3.8) is 0 Å². The molecule has 0 fully saturated rings. The van der Waals surface area contributed by atoms with E-state index in [1.807, 2.05) is 51.1 Å². The number of carbonyl (C=O) groups is 1. The summed E-state index contributed by atoms with van der Waals surface area (Å²) in [5, 5.41) is 26.5. The number of pyridine rings is 1. The Hall–Kier alpha value is -3.42. The van der Waals surface area contributed by atoms with Crippen LogP contribution in [0.15, 0.2) is 54.7 Å². The van der Waals surface area contributed by atoms with Crippen molar-refractivity contribution in [1.29, 1.82) is 0 Å². The smallest absolute Gasteiger partial charge is 0.251 e. The van der Waals surface area contributed by atoms with E-state index in [2.05, 4.69) is 15.6 Å². The first-order valence-corrected chi connectivity index (χ1v) is 11.5. The zero-order chi connectivity index (χ0) is 24.7. The molecule has 0 radical (unpaired) electrons. The van der Waals surface area contributed by atoms with E-state index in [0.29, 0.717) is 42.2 Å². The number of rotatable bonds is 10. The van der Waals surface area contributed by atoms with E-state index in [0.717, 1.165) is 28.7 Å². The predicted octanol–water partition coefficient (Wildman–Crippen LogP) is 3.21. The van der Waals surface area contributed by atoms with Crippen LogP contribution in [0, 0.1) is 13.8 Å². The Morgan fingerprint density at radius 2 is 1.91 bits per heavy atom. The molecule has 1 aromatic heterocycles. The van der Waals surface area contributed by atoms with Gasteiger partial charge in [-0.3, -0.25) is 4.79 Å². The first-order valence-electron chi connectivity index (χ1n) is 11.5. The van der Waals surface area contributed by atoms with Crippen molar-refractivity contribution in [1.82, 2.24) is 15.6 Å².